The van der Waals surface area contributed by atoms with E-state index in [0.717, 1.165) is 16.8 Å². The van der Waals surface area contributed by atoms with E-state index in [1.165, 1.54) is 0 Å². The molecule has 116 valence electrons. The SMILES string of the molecule is O=CNCC(=O)NC(CC1=CNc2ccccc2C1)C(=O)O. The standard InChI is InChI=1S/C15H17N3O4/c19-9-16-8-14(20)18-13(15(21)22)6-10-5-11-3-1-2-4-12(11)17-7-10/h1-4,7,9,13,17H,5-6,8H2,(H,16,19)(H,18,20)(H,21,22). The molecule has 7 nitrogen and oxygen atoms in total. The van der Waals surface area contributed by atoms with Gasteiger partial charge in [0.2, 0.25) is 12.3 Å². The number of nitrogens with one attached hydrogen (secondary N) is 3. The molecule has 4 N–H and O–H groups in total. The van der Waals surface area contributed by atoms with Gasteiger partial charge < -0.3 is 21.1 Å². The molecule has 1 aliphatic rings. The van der Waals surface area contributed by atoms with Crippen molar-refractivity contribution < 1.29 is 19.5 Å². The van der Waals surface area contributed by atoms with Gasteiger partial charge >= 0.3 is 5.97 Å². The van der Waals surface area contributed by atoms with Crippen LogP contribution in [0.1, 0.15) is 12.0 Å². The topological polar surface area (TPSA) is 108 Å². The molecule has 7 heteroatoms. The third kappa shape index (κ3) is 4.08. The third-order valence-electron chi connectivity index (χ3n) is 3.31. The molecule has 1 aromatic carbocycles. The predicted octanol–water partition coefficient (Wildman–Crippen LogP) is 0.244. The fraction of sp³-hybridized carbons (Fsp3) is 0.267. The highest BCUT2D eigenvalue weighted by Crippen LogP contribution is 2.25. The summed E-state index contributed by atoms with van der Waals surface area (Å²) in [6.07, 6.45) is 2.99. The second-order valence-electron chi connectivity index (χ2n) is 4.94. The average molecular weight is 303 g/mol. The zero-order chi connectivity index (χ0) is 15.9. The van der Waals surface area contributed by atoms with Gasteiger partial charge in [-0.15, -0.1) is 0 Å². The van der Waals surface area contributed by atoms with Crippen molar-refractivity contribution in [1.29, 1.82) is 0 Å². The number of carbonyl (C=O) groups excluding carboxylic acids is 2. The van der Waals surface area contributed by atoms with Crippen LogP contribution < -0.4 is 16.0 Å². The van der Waals surface area contributed by atoms with Crippen molar-refractivity contribution >= 4 is 24.0 Å². The lowest BCUT2D eigenvalue weighted by atomic mass is 9.96. The van der Waals surface area contributed by atoms with Crippen LogP contribution in [0, 0.1) is 0 Å². The van der Waals surface area contributed by atoms with Crippen LogP contribution in [0.5, 0.6) is 0 Å². The Morgan fingerprint density at radius 2 is 2.14 bits per heavy atom. The maximum absolute atomic E-state index is 11.5. The maximum Gasteiger partial charge on any atom is 0.326 e. The van der Waals surface area contributed by atoms with Crippen molar-refractivity contribution in [3.63, 3.8) is 0 Å². The average Bonchev–Trinajstić information content (AvgIpc) is 2.52. The summed E-state index contributed by atoms with van der Waals surface area (Å²) in [6, 6.07) is 6.73. The van der Waals surface area contributed by atoms with Crippen LogP contribution in [0.15, 0.2) is 36.0 Å². The molecule has 2 amide bonds. The Hall–Kier alpha value is -2.83. The second-order valence-corrected chi connectivity index (χ2v) is 4.94. The van der Waals surface area contributed by atoms with Gasteiger partial charge in [-0.05, 0) is 23.6 Å². The van der Waals surface area contributed by atoms with E-state index in [4.69, 9.17) is 0 Å². The minimum atomic E-state index is -1.11. The van der Waals surface area contributed by atoms with Gasteiger partial charge in [-0.2, -0.15) is 0 Å². The third-order valence-corrected chi connectivity index (χ3v) is 3.31. The van der Waals surface area contributed by atoms with E-state index in [0.29, 0.717) is 12.8 Å². The number of carbonyl (C=O) groups is 3. The summed E-state index contributed by atoms with van der Waals surface area (Å²) in [5.74, 6) is -1.65. The Balaban J connectivity index is 1.97. The molecule has 0 saturated carbocycles. The number of aliphatic carboxylic acids is 1. The number of amides is 2. The predicted molar refractivity (Wildman–Crippen MR) is 80.1 cm³/mol. The molecule has 1 unspecified atom stereocenters. The molecule has 22 heavy (non-hydrogen) atoms. The molecule has 2 rings (SSSR count). The highest BCUT2D eigenvalue weighted by molar-refractivity contribution is 5.85. The quantitative estimate of drug-likeness (QED) is 0.540. The van der Waals surface area contributed by atoms with Gasteiger partial charge in [-0.3, -0.25) is 9.59 Å². The molecular formula is C15H17N3O4. The molecule has 0 bridgehead atoms. The first-order valence-electron chi connectivity index (χ1n) is 6.81. The Morgan fingerprint density at radius 3 is 2.86 bits per heavy atom. The number of fused-ring (bicyclic) bond motifs is 1. The smallest absolute Gasteiger partial charge is 0.326 e. The molecule has 1 aromatic rings. The molecule has 1 atom stereocenters. The largest absolute Gasteiger partial charge is 0.480 e. The summed E-state index contributed by atoms with van der Waals surface area (Å²) in [6.45, 7) is -0.243. The molecule has 0 aliphatic carbocycles. The monoisotopic (exact) mass is 303 g/mol. The van der Waals surface area contributed by atoms with E-state index < -0.39 is 17.9 Å². The van der Waals surface area contributed by atoms with E-state index in [2.05, 4.69) is 16.0 Å². The fourth-order valence-electron chi connectivity index (χ4n) is 2.26. The van der Waals surface area contributed by atoms with Crippen LogP contribution in [-0.4, -0.2) is 36.0 Å². The van der Waals surface area contributed by atoms with E-state index in [1.54, 1.807) is 6.20 Å². The zero-order valence-electron chi connectivity index (χ0n) is 11.8. The summed E-state index contributed by atoms with van der Waals surface area (Å²) >= 11 is 0. The number of hydrogen-bond acceptors (Lipinski definition) is 4. The van der Waals surface area contributed by atoms with Crippen LogP contribution in [0.2, 0.25) is 0 Å². The van der Waals surface area contributed by atoms with Gasteiger partial charge in [-0.1, -0.05) is 18.2 Å². The van der Waals surface area contributed by atoms with Crippen molar-refractivity contribution in [3.05, 3.63) is 41.6 Å². The minimum Gasteiger partial charge on any atom is -0.480 e. The molecule has 0 fully saturated rings. The molecule has 0 saturated heterocycles. The molecule has 1 heterocycles. The van der Waals surface area contributed by atoms with E-state index in [1.807, 2.05) is 24.3 Å². The maximum atomic E-state index is 11.5. The van der Waals surface area contributed by atoms with E-state index >= 15 is 0 Å². The Kier molecular flexibility index (Phi) is 5.13. The van der Waals surface area contributed by atoms with Crippen molar-refractivity contribution in [2.24, 2.45) is 0 Å². The normalized spacial score (nSPS) is 13.9. The summed E-state index contributed by atoms with van der Waals surface area (Å²) in [5.41, 5.74) is 2.96. The fourth-order valence-corrected chi connectivity index (χ4v) is 2.26. The van der Waals surface area contributed by atoms with Crippen LogP contribution in [0.3, 0.4) is 0 Å². The van der Waals surface area contributed by atoms with Gasteiger partial charge in [0.05, 0.1) is 6.54 Å². The molecular weight excluding hydrogens is 286 g/mol. The Labute approximate surface area is 127 Å². The highest BCUT2D eigenvalue weighted by Gasteiger charge is 2.22. The summed E-state index contributed by atoms with van der Waals surface area (Å²) in [7, 11) is 0. The Morgan fingerprint density at radius 1 is 1.36 bits per heavy atom. The summed E-state index contributed by atoms with van der Waals surface area (Å²) < 4.78 is 0. The molecule has 1 aliphatic heterocycles. The molecule has 0 radical (unpaired) electrons. The van der Waals surface area contributed by atoms with Crippen LogP contribution in [0.4, 0.5) is 5.69 Å². The van der Waals surface area contributed by atoms with Gasteiger partial charge in [0, 0.05) is 18.3 Å². The van der Waals surface area contributed by atoms with E-state index in [9.17, 15) is 19.5 Å². The zero-order valence-corrected chi connectivity index (χ0v) is 11.8. The number of carboxylic acid groups (broad SMARTS) is 1. The van der Waals surface area contributed by atoms with Gasteiger partial charge in [0.15, 0.2) is 0 Å². The van der Waals surface area contributed by atoms with Crippen molar-refractivity contribution in [3.8, 4) is 0 Å². The van der Waals surface area contributed by atoms with E-state index in [-0.39, 0.29) is 13.0 Å². The number of hydrogen-bond donors (Lipinski definition) is 4. The first-order valence-corrected chi connectivity index (χ1v) is 6.81. The van der Waals surface area contributed by atoms with Crippen molar-refractivity contribution in [2.45, 2.75) is 18.9 Å². The number of rotatable bonds is 7. The summed E-state index contributed by atoms with van der Waals surface area (Å²) in [4.78, 5) is 32.9. The second kappa shape index (κ2) is 7.26. The molecule has 0 spiro atoms. The van der Waals surface area contributed by atoms with Gasteiger partial charge in [0.1, 0.15) is 6.04 Å². The van der Waals surface area contributed by atoms with Crippen LogP contribution >= 0.6 is 0 Å². The van der Waals surface area contributed by atoms with Gasteiger partial charge in [0.25, 0.3) is 0 Å². The number of anilines is 1. The highest BCUT2D eigenvalue weighted by atomic mass is 16.4. The lowest BCUT2D eigenvalue weighted by molar-refractivity contribution is -0.141. The van der Waals surface area contributed by atoms with Crippen molar-refractivity contribution in [1.82, 2.24) is 10.6 Å². The first-order chi connectivity index (χ1) is 10.6. The number of para-hydroxylation sites is 1. The lowest BCUT2D eigenvalue weighted by Gasteiger charge is -2.21. The van der Waals surface area contributed by atoms with Gasteiger partial charge in [-0.25, -0.2) is 4.79 Å². The molecule has 0 aromatic heterocycles. The number of benzene rings is 1. The Bertz CT molecular complexity index is 613. The minimum absolute atomic E-state index is 0.198. The van der Waals surface area contributed by atoms with Crippen molar-refractivity contribution in [2.75, 3.05) is 11.9 Å². The van der Waals surface area contributed by atoms with Crippen LogP contribution in [0.25, 0.3) is 0 Å². The summed E-state index contributed by atoms with van der Waals surface area (Å²) in [5, 5.41) is 16.9. The first kappa shape index (κ1) is 15.6. The lowest BCUT2D eigenvalue weighted by Crippen LogP contribution is -2.44. The number of carboxylic acids is 1. The van der Waals surface area contributed by atoms with Crippen LogP contribution in [-0.2, 0) is 20.8 Å².